The summed E-state index contributed by atoms with van der Waals surface area (Å²) in [5, 5.41) is 2.79. The molecule has 28 heavy (non-hydrogen) atoms. The number of carbonyl (C=O) groups is 2. The standard InChI is InChI=1S/C23H29N3O2/c1-17-11-12-19(15-21(17)24-18(2)27)23(28)25(3)16-20-9-5-6-10-22(20)26-13-7-4-8-14-26/h5-6,9-12,15H,4,7-8,13-14,16H2,1-3H3,(H,24,27). The first-order chi connectivity index (χ1) is 13.5. The number of hydrogen-bond donors (Lipinski definition) is 1. The molecule has 0 radical (unpaired) electrons. The van der Waals surface area contributed by atoms with Gasteiger partial charge < -0.3 is 15.1 Å². The van der Waals surface area contributed by atoms with Crippen molar-refractivity contribution in [2.75, 3.05) is 30.4 Å². The number of nitrogens with one attached hydrogen (secondary N) is 1. The molecule has 1 saturated heterocycles. The predicted molar refractivity (Wildman–Crippen MR) is 114 cm³/mol. The molecule has 0 bridgehead atoms. The first kappa shape index (κ1) is 19.9. The molecule has 2 aromatic carbocycles. The molecule has 1 fully saturated rings. The fourth-order valence-corrected chi connectivity index (χ4v) is 3.71. The summed E-state index contributed by atoms with van der Waals surface area (Å²) in [7, 11) is 1.83. The van der Waals surface area contributed by atoms with Gasteiger partial charge in [-0.1, -0.05) is 24.3 Å². The van der Waals surface area contributed by atoms with E-state index in [1.807, 2.05) is 32.2 Å². The van der Waals surface area contributed by atoms with Crippen LogP contribution in [0.4, 0.5) is 11.4 Å². The highest BCUT2D eigenvalue weighted by Crippen LogP contribution is 2.26. The Labute approximate surface area is 167 Å². The zero-order chi connectivity index (χ0) is 20.1. The molecule has 0 atom stereocenters. The van der Waals surface area contributed by atoms with Crippen LogP contribution in [0.5, 0.6) is 0 Å². The molecule has 5 heteroatoms. The number of amides is 2. The zero-order valence-electron chi connectivity index (χ0n) is 17.0. The van der Waals surface area contributed by atoms with Crippen LogP contribution in [0.3, 0.4) is 0 Å². The van der Waals surface area contributed by atoms with Gasteiger partial charge in [0.1, 0.15) is 0 Å². The van der Waals surface area contributed by atoms with Crippen molar-refractivity contribution < 1.29 is 9.59 Å². The molecule has 0 unspecified atom stereocenters. The number of aryl methyl sites for hydroxylation is 1. The van der Waals surface area contributed by atoms with E-state index in [-0.39, 0.29) is 11.8 Å². The number of hydrogen-bond acceptors (Lipinski definition) is 3. The van der Waals surface area contributed by atoms with Crippen molar-refractivity contribution >= 4 is 23.2 Å². The summed E-state index contributed by atoms with van der Waals surface area (Å²) in [5.41, 5.74) is 4.58. The number of carbonyl (C=O) groups excluding carboxylic acids is 2. The van der Waals surface area contributed by atoms with Crippen LogP contribution in [0.1, 0.15) is 47.7 Å². The van der Waals surface area contributed by atoms with Gasteiger partial charge in [-0.3, -0.25) is 9.59 Å². The summed E-state index contributed by atoms with van der Waals surface area (Å²) < 4.78 is 0. The Morgan fingerprint density at radius 1 is 1.07 bits per heavy atom. The summed E-state index contributed by atoms with van der Waals surface area (Å²) in [6.45, 7) is 6.09. The van der Waals surface area contributed by atoms with Gasteiger partial charge in [0.15, 0.2) is 0 Å². The van der Waals surface area contributed by atoms with Gasteiger partial charge >= 0.3 is 0 Å². The zero-order valence-corrected chi connectivity index (χ0v) is 17.0. The van der Waals surface area contributed by atoms with Crippen molar-refractivity contribution in [1.29, 1.82) is 0 Å². The van der Waals surface area contributed by atoms with Crippen LogP contribution in [-0.2, 0) is 11.3 Å². The Kier molecular flexibility index (Phi) is 6.34. The second-order valence-electron chi connectivity index (χ2n) is 7.55. The second kappa shape index (κ2) is 8.91. The molecule has 0 spiro atoms. The van der Waals surface area contributed by atoms with E-state index in [9.17, 15) is 9.59 Å². The van der Waals surface area contributed by atoms with Crippen molar-refractivity contribution in [2.45, 2.75) is 39.7 Å². The van der Waals surface area contributed by atoms with Gasteiger partial charge in [0.25, 0.3) is 5.91 Å². The molecule has 1 aliphatic rings. The molecule has 2 aromatic rings. The summed E-state index contributed by atoms with van der Waals surface area (Å²) >= 11 is 0. The van der Waals surface area contributed by atoms with Crippen molar-refractivity contribution in [1.82, 2.24) is 4.90 Å². The van der Waals surface area contributed by atoms with E-state index in [4.69, 9.17) is 0 Å². The van der Waals surface area contributed by atoms with E-state index in [1.54, 1.807) is 11.0 Å². The molecule has 2 amide bonds. The van der Waals surface area contributed by atoms with Gasteiger partial charge in [-0.2, -0.15) is 0 Å². The predicted octanol–water partition coefficient (Wildman–Crippen LogP) is 4.22. The minimum absolute atomic E-state index is 0.0555. The van der Waals surface area contributed by atoms with Gasteiger partial charge in [0.05, 0.1) is 0 Å². The van der Waals surface area contributed by atoms with Crippen LogP contribution in [0.25, 0.3) is 0 Å². The lowest BCUT2D eigenvalue weighted by atomic mass is 10.1. The highest BCUT2D eigenvalue weighted by molar-refractivity contribution is 5.97. The molecule has 0 saturated carbocycles. The molecule has 1 aliphatic heterocycles. The fraction of sp³-hybridized carbons (Fsp3) is 0.391. The summed E-state index contributed by atoms with van der Waals surface area (Å²) in [6, 6.07) is 13.8. The quantitative estimate of drug-likeness (QED) is 0.846. The maximum atomic E-state index is 13.0. The molecular weight excluding hydrogens is 350 g/mol. The third-order valence-corrected chi connectivity index (χ3v) is 5.24. The smallest absolute Gasteiger partial charge is 0.253 e. The van der Waals surface area contributed by atoms with Crippen LogP contribution in [0.15, 0.2) is 42.5 Å². The lowest BCUT2D eigenvalue weighted by Crippen LogP contribution is -2.32. The van der Waals surface area contributed by atoms with Crippen LogP contribution < -0.4 is 10.2 Å². The van der Waals surface area contributed by atoms with Gasteiger partial charge in [-0.15, -0.1) is 0 Å². The molecule has 1 heterocycles. The molecule has 5 nitrogen and oxygen atoms in total. The maximum Gasteiger partial charge on any atom is 0.253 e. The molecule has 148 valence electrons. The van der Waals surface area contributed by atoms with E-state index in [2.05, 4.69) is 28.4 Å². The highest BCUT2D eigenvalue weighted by Gasteiger charge is 2.18. The molecule has 1 N–H and O–H groups in total. The number of para-hydroxylation sites is 1. The minimum atomic E-state index is -0.142. The Morgan fingerprint density at radius 2 is 1.79 bits per heavy atom. The third kappa shape index (κ3) is 4.71. The largest absolute Gasteiger partial charge is 0.371 e. The lowest BCUT2D eigenvalue weighted by Gasteiger charge is -2.31. The molecule has 0 aliphatic carbocycles. The first-order valence-corrected chi connectivity index (χ1v) is 9.92. The van der Waals surface area contributed by atoms with E-state index in [0.717, 1.165) is 24.2 Å². The van der Waals surface area contributed by atoms with Crippen LogP contribution in [0.2, 0.25) is 0 Å². The third-order valence-electron chi connectivity index (χ3n) is 5.24. The lowest BCUT2D eigenvalue weighted by molar-refractivity contribution is -0.114. The maximum absolute atomic E-state index is 13.0. The summed E-state index contributed by atoms with van der Waals surface area (Å²) in [6.07, 6.45) is 3.73. The first-order valence-electron chi connectivity index (χ1n) is 9.92. The Hall–Kier alpha value is -2.82. The Morgan fingerprint density at radius 3 is 2.50 bits per heavy atom. The van der Waals surface area contributed by atoms with Crippen LogP contribution >= 0.6 is 0 Å². The number of rotatable bonds is 5. The van der Waals surface area contributed by atoms with Crippen molar-refractivity contribution in [3.63, 3.8) is 0 Å². The highest BCUT2D eigenvalue weighted by atomic mass is 16.2. The molecule has 0 aromatic heterocycles. The van der Waals surface area contributed by atoms with Crippen molar-refractivity contribution in [3.05, 3.63) is 59.2 Å². The molecule has 3 rings (SSSR count). The van der Waals surface area contributed by atoms with Gasteiger partial charge in [-0.25, -0.2) is 0 Å². The number of piperidine rings is 1. The SMILES string of the molecule is CC(=O)Nc1cc(C(=O)N(C)Cc2ccccc2N2CCCCC2)ccc1C. The molecular formula is C23H29N3O2. The second-order valence-corrected chi connectivity index (χ2v) is 7.55. The van der Waals surface area contributed by atoms with Crippen molar-refractivity contribution in [2.24, 2.45) is 0 Å². The minimum Gasteiger partial charge on any atom is -0.371 e. The number of benzene rings is 2. The van der Waals surface area contributed by atoms with Crippen LogP contribution in [0, 0.1) is 6.92 Å². The van der Waals surface area contributed by atoms with Gasteiger partial charge in [0, 0.05) is 50.5 Å². The number of anilines is 2. The van der Waals surface area contributed by atoms with Crippen LogP contribution in [-0.4, -0.2) is 36.9 Å². The monoisotopic (exact) mass is 379 g/mol. The number of nitrogens with zero attached hydrogens (tertiary/aromatic N) is 2. The summed E-state index contributed by atoms with van der Waals surface area (Å²) in [4.78, 5) is 28.6. The Bertz CT molecular complexity index is 857. The van der Waals surface area contributed by atoms with E-state index < -0.39 is 0 Å². The van der Waals surface area contributed by atoms with E-state index in [0.29, 0.717) is 17.8 Å². The van der Waals surface area contributed by atoms with Crippen molar-refractivity contribution in [3.8, 4) is 0 Å². The average molecular weight is 380 g/mol. The van der Waals surface area contributed by atoms with E-state index >= 15 is 0 Å². The Balaban J connectivity index is 1.77. The van der Waals surface area contributed by atoms with Gasteiger partial charge in [-0.05, 0) is 55.5 Å². The topological polar surface area (TPSA) is 52.7 Å². The van der Waals surface area contributed by atoms with E-state index in [1.165, 1.54) is 31.9 Å². The normalized spacial score (nSPS) is 13.9. The fourth-order valence-electron chi connectivity index (χ4n) is 3.71. The average Bonchev–Trinajstić information content (AvgIpc) is 2.70. The van der Waals surface area contributed by atoms with Gasteiger partial charge in [0.2, 0.25) is 5.91 Å². The summed E-state index contributed by atoms with van der Waals surface area (Å²) in [5.74, 6) is -0.198.